The summed E-state index contributed by atoms with van der Waals surface area (Å²) in [6, 6.07) is 13.2. The molecule has 8 heteroatoms. The zero-order valence-electron chi connectivity index (χ0n) is 21.5. The summed E-state index contributed by atoms with van der Waals surface area (Å²) >= 11 is 0. The minimum atomic E-state index is -0.484. The van der Waals surface area contributed by atoms with Crippen molar-refractivity contribution in [2.24, 2.45) is 7.05 Å². The molecule has 8 nitrogen and oxygen atoms in total. The number of amides is 3. The number of benzene rings is 2. The van der Waals surface area contributed by atoms with Crippen LogP contribution in [0.15, 0.2) is 60.9 Å². The maximum absolute atomic E-state index is 13.1. The van der Waals surface area contributed by atoms with Crippen LogP contribution in [0, 0.1) is 0 Å². The van der Waals surface area contributed by atoms with E-state index >= 15 is 0 Å². The highest BCUT2D eigenvalue weighted by Crippen LogP contribution is 2.36. The number of hydrogen-bond acceptors (Lipinski definition) is 4. The molecule has 2 fully saturated rings. The van der Waals surface area contributed by atoms with E-state index in [1.165, 1.54) is 12.8 Å². The van der Waals surface area contributed by atoms with Gasteiger partial charge in [0.25, 0.3) is 11.8 Å². The lowest BCUT2D eigenvalue weighted by molar-refractivity contribution is -0.126. The molecule has 1 saturated heterocycles. The van der Waals surface area contributed by atoms with Gasteiger partial charge in [0.15, 0.2) is 0 Å². The Balaban J connectivity index is 1.24. The van der Waals surface area contributed by atoms with Crippen molar-refractivity contribution in [1.29, 1.82) is 0 Å². The number of aryl methyl sites for hydroxylation is 1. The van der Waals surface area contributed by atoms with Crippen LogP contribution in [0.1, 0.15) is 64.8 Å². The summed E-state index contributed by atoms with van der Waals surface area (Å²) in [4.78, 5) is 40.0. The number of hydrogen-bond donors (Lipinski definition) is 2. The number of nitrogens with zero attached hydrogens (tertiary/aromatic N) is 3. The van der Waals surface area contributed by atoms with E-state index in [9.17, 15) is 14.4 Å². The van der Waals surface area contributed by atoms with Crippen LogP contribution in [0.4, 0.5) is 0 Å². The fourth-order valence-electron chi connectivity index (χ4n) is 5.93. The Bertz CT molecular complexity index is 1450. The number of nitrogens with one attached hydrogen (secondary N) is 2. The second-order valence-corrected chi connectivity index (χ2v) is 10.5. The molecule has 194 valence electrons. The number of piperidine rings is 1. The van der Waals surface area contributed by atoms with Crippen LogP contribution in [0.2, 0.25) is 0 Å². The van der Waals surface area contributed by atoms with Crippen LogP contribution >= 0.6 is 0 Å². The van der Waals surface area contributed by atoms with Crippen LogP contribution in [-0.4, -0.2) is 44.5 Å². The van der Waals surface area contributed by atoms with Crippen LogP contribution < -0.4 is 10.6 Å². The van der Waals surface area contributed by atoms with Crippen molar-refractivity contribution in [2.75, 3.05) is 0 Å². The van der Waals surface area contributed by atoms with Crippen LogP contribution in [0.3, 0.4) is 0 Å². The van der Waals surface area contributed by atoms with Gasteiger partial charge in [-0.05, 0) is 61.1 Å². The summed E-state index contributed by atoms with van der Waals surface area (Å²) in [6.45, 7) is 4.23. The van der Waals surface area contributed by atoms with Crippen LogP contribution in [0.25, 0.3) is 22.4 Å². The molecule has 2 aromatic carbocycles. The molecule has 1 saturated carbocycles. The van der Waals surface area contributed by atoms with Crippen LogP contribution in [-0.2, 0) is 18.4 Å². The van der Waals surface area contributed by atoms with Gasteiger partial charge in [-0.15, -0.1) is 0 Å². The summed E-state index contributed by atoms with van der Waals surface area (Å²) in [5, 5.41) is 10.4. The fraction of sp³-hybridized carbons (Fsp3) is 0.333. The molecule has 3 amide bonds. The lowest BCUT2D eigenvalue weighted by Crippen LogP contribution is -2.49. The van der Waals surface area contributed by atoms with E-state index < -0.39 is 6.04 Å². The van der Waals surface area contributed by atoms with Crippen molar-refractivity contribution in [3.8, 4) is 22.4 Å². The van der Waals surface area contributed by atoms with E-state index in [2.05, 4.69) is 22.3 Å². The molecule has 0 bridgehead atoms. The average molecular weight is 510 g/mol. The first-order valence-corrected chi connectivity index (χ1v) is 13.3. The van der Waals surface area contributed by atoms with E-state index in [4.69, 9.17) is 0 Å². The number of carbonyl (C=O) groups excluding carboxylic acids is 3. The van der Waals surface area contributed by atoms with Gasteiger partial charge in [0.05, 0.1) is 11.9 Å². The summed E-state index contributed by atoms with van der Waals surface area (Å²) in [6.07, 6.45) is 7.53. The highest BCUT2D eigenvalue weighted by Gasteiger charge is 2.38. The summed E-state index contributed by atoms with van der Waals surface area (Å²) in [5.74, 6) is -0.313. The minimum absolute atomic E-state index is 0.0301. The largest absolute Gasteiger partial charge is 0.349 e. The second-order valence-electron chi connectivity index (χ2n) is 10.5. The molecule has 38 heavy (non-hydrogen) atoms. The molecule has 3 heterocycles. The predicted molar refractivity (Wildman–Crippen MR) is 144 cm³/mol. The fourth-order valence-corrected chi connectivity index (χ4v) is 5.93. The SMILES string of the molecule is C=C1CCC(N2Cc3cc(-c4cnn(C)c4-c4ccc(C(=O)NC5CCCC5)cc4)ccc3C2=O)C(=O)N1. The van der Waals surface area contributed by atoms with Crippen molar-refractivity contribution in [3.05, 3.63) is 77.6 Å². The first kappa shape index (κ1) is 24.2. The predicted octanol–water partition coefficient (Wildman–Crippen LogP) is 4.17. The molecule has 1 aromatic heterocycles. The smallest absolute Gasteiger partial charge is 0.255 e. The first-order valence-electron chi connectivity index (χ1n) is 13.3. The van der Waals surface area contributed by atoms with Crippen molar-refractivity contribution >= 4 is 17.7 Å². The van der Waals surface area contributed by atoms with E-state index in [1.807, 2.05) is 60.4 Å². The Kier molecular flexibility index (Phi) is 6.10. The van der Waals surface area contributed by atoms with Gasteiger partial charge < -0.3 is 15.5 Å². The van der Waals surface area contributed by atoms with Gasteiger partial charge >= 0.3 is 0 Å². The summed E-state index contributed by atoms with van der Waals surface area (Å²) < 4.78 is 1.83. The Morgan fingerprint density at radius 1 is 1.03 bits per heavy atom. The molecular formula is C30H31N5O3. The molecule has 3 aliphatic rings. The molecule has 6 rings (SSSR count). The molecule has 1 atom stereocenters. The number of fused-ring (bicyclic) bond motifs is 1. The Morgan fingerprint density at radius 2 is 1.76 bits per heavy atom. The Labute approximate surface area is 221 Å². The number of aromatic nitrogens is 2. The molecule has 2 N–H and O–H groups in total. The van der Waals surface area contributed by atoms with Crippen LogP contribution in [0.5, 0.6) is 0 Å². The molecule has 0 spiro atoms. The van der Waals surface area contributed by atoms with Gasteiger partial charge in [-0.25, -0.2) is 0 Å². The summed E-state index contributed by atoms with van der Waals surface area (Å²) in [7, 11) is 1.90. The standard InChI is InChI=1S/C30H31N5O3/c1-18-7-14-26(29(37)32-18)35-17-22-15-21(12-13-24(22)30(35)38)25-16-31-34(2)27(25)19-8-10-20(11-9-19)28(36)33-23-5-3-4-6-23/h8-13,15-16,23,26H,1,3-7,14,17H2,2H3,(H,32,37)(H,33,36). The molecule has 2 aliphatic heterocycles. The lowest BCUT2D eigenvalue weighted by atomic mass is 9.97. The van der Waals surface area contributed by atoms with Gasteiger partial charge in [-0.2, -0.15) is 5.10 Å². The lowest BCUT2D eigenvalue weighted by Gasteiger charge is -2.30. The zero-order chi connectivity index (χ0) is 26.4. The Hall–Kier alpha value is -4.20. The number of rotatable bonds is 5. The quantitative estimate of drug-likeness (QED) is 0.540. The monoisotopic (exact) mass is 509 g/mol. The number of allylic oxidation sites excluding steroid dienone is 1. The van der Waals surface area contributed by atoms with Gasteiger partial charge in [-0.3, -0.25) is 19.1 Å². The van der Waals surface area contributed by atoms with E-state index in [-0.39, 0.29) is 23.8 Å². The van der Waals surface area contributed by atoms with Crippen molar-refractivity contribution in [1.82, 2.24) is 25.3 Å². The van der Waals surface area contributed by atoms with E-state index in [0.717, 1.165) is 40.8 Å². The van der Waals surface area contributed by atoms with Gasteiger partial charge in [-0.1, -0.05) is 37.6 Å². The maximum Gasteiger partial charge on any atom is 0.255 e. The minimum Gasteiger partial charge on any atom is -0.349 e. The molecular weight excluding hydrogens is 478 g/mol. The normalized spacial score (nSPS) is 19.6. The zero-order valence-corrected chi connectivity index (χ0v) is 21.5. The third-order valence-corrected chi connectivity index (χ3v) is 8.00. The third-order valence-electron chi connectivity index (χ3n) is 8.00. The average Bonchev–Trinajstić information content (AvgIpc) is 3.64. The van der Waals surface area contributed by atoms with Crippen molar-refractivity contribution in [3.63, 3.8) is 0 Å². The maximum atomic E-state index is 13.1. The Morgan fingerprint density at radius 3 is 2.50 bits per heavy atom. The van der Waals surface area contributed by atoms with E-state index in [1.54, 1.807) is 4.90 Å². The highest BCUT2D eigenvalue weighted by molar-refractivity contribution is 6.02. The third kappa shape index (κ3) is 4.30. The topological polar surface area (TPSA) is 96.3 Å². The van der Waals surface area contributed by atoms with Gasteiger partial charge in [0.2, 0.25) is 5.91 Å². The second kappa shape index (κ2) is 9.59. The van der Waals surface area contributed by atoms with E-state index in [0.29, 0.717) is 36.2 Å². The molecule has 1 aliphatic carbocycles. The molecule has 1 unspecified atom stereocenters. The molecule has 0 radical (unpaired) electrons. The number of carbonyl (C=O) groups is 3. The summed E-state index contributed by atoms with van der Waals surface area (Å²) in [5.41, 5.74) is 6.66. The first-order chi connectivity index (χ1) is 18.4. The van der Waals surface area contributed by atoms with Crippen molar-refractivity contribution in [2.45, 2.75) is 57.2 Å². The van der Waals surface area contributed by atoms with Crippen molar-refractivity contribution < 1.29 is 14.4 Å². The van der Waals surface area contributed by atoms with Gasteiger partial charge in [0, 0.05) is 47.6 Å². The molecule has 3 aromatic rings. The van der Waals surface area contributed by atoms with Gasteiger partial charge in [0.1, 0.15) is 6.04 Å². The highest BCUT2D eigenvalue weighted by atomic mass is 16.2.